The molecule has 2 N–H and O–H groups in total. The Hall–Kier alpha value is -2.33. The molecule has 0 bridgehead atoms. The Morgan fingerprint density at radius 1 is 1.04 bits per heavy atom. The molecule has 2 atom stereocenters. The smallest absolute Gasteiger partial charge is 0.251 e. The van der Waals surface area contributed by atoms with E-state index in [0.717, 1.165) is 17.3 Å². The van der Waals surface area contributed by atoms with Crippen molar-refractivity contribution in [3.8, 4) is 0 Å². The van der Waals surface area contributed by atoms with Crippen LogP contribution in [0.15, 0.2) is 54.6 Å². The highest BCUT2D eigenvalue weighted by atomic mass is 16.1. The standard InChI is InChI=1S/C22H27N3O/c26-22(23-16-17-6-2-1-3-7-17)18-8-4-9-19(14-18)24-20-11-13-25-12-5-10-21(25)15-20/h1-4,6-9,14,20-21,24H,5,10-13,15-16H2,(H,23,26)/t20-,21+/m1/s1. The molecule has 2 heterocycles. The summed E-state index contributed by atoms with van der Waals surface area (Å²) >= 11 is 0. The van der Waals surface area contributed by atoms with Crippen LogP contribution in [0.25, 0.3) is 0 Å². The minimum absolute atomic E-state index is 0.0249. The summed E-state index contributed by atoms with van der Waals surface area (Å²) in [7, 11) is 0. The Labute approximate surface area is 155 Å². The average Bonchev–Trinajstić information content (AvgIpc) is 3.15. The van der Waals surface area contributed by atoms with Gasteiger partial charge in [-0.15, -0.1) is 0 Å². The molecule has 0 spiro atoms. The summed E-state index contributed by atoms with van der Waals surface area (Å²) in [6.07, 6.45) is 5.07. The van der Waals surface area contributed by atoms with Gasteiger partial charge in [0.2, 0.25) is 0 Å². The second-order valence-corrected chi connectivity index (χ2v) is 7.45. The molecule has 2 aliphatic heterocycles. The highest BCUT2D eigenvalue weighted by molar-refractivity contribution is 5.95. The maximum absolute atomic E-state index is 12.5. The lowest BCUT2D eigenvalue weighted by Gasteiger charge is -2.35. The van der Waals surface area contributed by atoms with Crippen LogP contribution in [0.5, 0.6) is 0 Å². The van der Waals surface area contributed by atoms with Crippen LogP contribution in [-0.2, 0) is 6.54 Å². The van der Waals surface area contributed by atoms with Crippen molar-refractivity contribution in [2.45, 2.75) is 44.3 Å². The van der Waals surface area contributed by atoms with Crippen molar-refractivity contribution in [2.75, 3.05) is 18.4 Å². The van der Waals surface area contributed by atoms with E-state index in [1.165, 1.54) is 38.8 Å². The van der Waals surface area contributed by atoms with Crippen LogP contribution in [0.4, 0.5) is 5.69 Å². The first-order chi connectivity index (χ1) is 12.8. The number of fused-ring (bicyclic) bond motifs is 1. The van der Waals surface area contributed by atoms with Crippen molar-refractivity contribution in [3.63, 3.8) is 0 Å². The zero-order valence-corrected chi connectivity index (χ0v) is 15.2. The average molecular weight is 349 g/mol. The van der Waals surface area contributed by atoms with Gasteiger partial charge in [-0.05, 0) is 56.0 Å². The summed E-state index contributed by atoms with van der Waals surface area (Å²) in [6.45, 7) is 3.02. The molecule has 0 radical (unpaired) electrons. The molecule has 2 saturated heterocycles. The highest BCUT2D eigenvalue weighted by Crippen LogP contribution is 2.28. The first kappa shape index (κ1) is 17.1. The number of carbonyl (C=O) groups excluding carboxylic acids is 1. The first-order valence-corrected chi connectivity index (χ1v) is 9.71. The Bertz CT molecular complexity index is 746. The van der Waals surface area contributed by atoms with Crippen molar-refractivity contribution in [3.05, 3.63) is 65.7 Å². The molecule has 0 saturated carbocycles. The van der Waals surface area contributed by atoms with Crippen LogP contribution in [0, 0.1) is 0 Å². The molecule has 2 fully saturated rings. The number of hydrogen-bond donors (Lipinski definition) is 2. The van der Waals surface area contributed by atoms with E-state index < -0.39 is 0 Å². The normalized spacial score (nSPS) is 22.6. The van der Waals surface area contributed by atoms with Gasteiger partial charge < -0.3 is 15.5 Å². The summed E-state index contributed by atoms with van der Waals surface area (Å²) in [4.78, 5) is 15.1. The number of hydrogen-bond acceptors (Lipinski definition) is 3. The van der Waals surface area contributed by atoms with Gasteiger partial charge in [0.15, 0.2) is 0 Å². The second-order valence-electron chi connectivity index (χ2n) is 7.45. The number of benzene rings is 2. The number of amides is 1. The summed E-state index contributed by atoms with van der Waals surface area (Å²) in [6, 6.07) is 19.1. The van der Waals surface area contributed by atoms with Gasteiger partial charge in [0.05, 0.1) is 0 Å². The lowest BCUT2D eigenvalue weighted by atomic mass is 9.97. The summed E-state index contributed by atoms with van der Waals surface area (Å²) in [5.41, 5.74) is 2.87. The molecule has 2 aromatic rings. The van der Waals surface area contributed by atoms with Gasteiger partial charge in [-0.1, -0.05) is 36.4 Å². The molecule has 136 valence electrons. The molecule has 4 nitrogen and oxygen atoms in total. The molecule has 2 aromatic carbocycles. The van der Waals surface area contributed by atoms with Crippen molar-refractivity contribution < 1.29 is 4.79 Å². The van der Waals surface area contributed by atoms with E-state index in [9.17, 15) is 4.79 Å². The van der Waals surface area contributed by atoms with Gasteiger partial charge in [0.25, 0.3) is 5.91 Å². The third-order valence-corrected chi connectivity index (χ3v) is 5.61. The van der Waals surface area contributed by atoms with Gasteiger partial charge in [0, 0.05) is 36.4 Å². The lowest BCUT2D eigenvalue weighted by Crippen LogP contribution is -2.42. The topological polar surface area (TPSA) is 44.4 Å². The molecule has 2 aliphatic rings. The second kappa shape index (κ2) is 7.92. The fourth-order valence-corrected chi connectivity index (χ4v) is 4.22. The molecule has 0 aliphatic carbocycles. The lowest BCUT2D eigenvalue weighted by molar-refractivity contribution is 0.0951. The maximum Gasteiger partial charge on any atom is 0.251 e. The van der Waals surface area contributed by atoms with Gasteiger partial charge in [-0.3, -0.25) is 4.79 Å². The minimum atomic E-state index is -0.0249. The highest BCUT2D eigenvalue weighted by Gasteiger charge is 2.31. The molecule has 0 aromatic heterocycles. The Kier molecular flexibility index (Phi) is 5.21. The predicted octanol–water partition coefficient (Wildman–Crippen LogP) is 3.66. The van der Waals surface area contributed by atoms with E-state index in [1.807, 2.05) is 48.5 Å². The molecular formula is C22H27N3O. The number of rotatable bonds is 5. The van der Waals surface area contributed by atoms with E-state index in [2.05, 4.69) is 21.6 Å². The predicted molar refractivity (Wildman–Crippen MR) is 105 cm³/mol. The van der Waals surface area contributed by atoms with E-state index >= 15 is 0 Å². The van der Waals surface area contributed by atoms with Gasteiger partial charge >= 0.3 is 0 Å². The van der Waals surface area contributed by atoms with Crippen LogP contribution >= 0.6 is 0 Å². The molecule has 4 rings (SSSR count). The van der Waals surface area contributed by atoms with Crippen molar-refractivity contribution in [1.29, 1.82) is 0 Å². The van der Waals surface area contributed by atoms with Crippen molar-refractivity contribution in [1.82, 2.24) is 10.2 Å². The van der Waals surface area contributed by atoms with Crippen LogP contribution in [0.2, 0.25) is 0 Å². The zero-order valence-electron chi connectivity index (χ0n) is 15.2. The van der Waals surface area contributed by atoms with Crippen LogP contribution in [0.1, 0.15) is 41.6 Å². The summed E-state index contributed by atoms with van der Waals surface area (Å²) in [5, 5.41) is 6.66. The quantitative estimate of drug-likeness (QED) is 0.866. The summed E-state index contributed by atoms with van der Waals surface area (Å²) in [5.74, 6) is -0.0249. The van der Waals surface area contributed by atoms with E-state index in [4.69, 9.17) is 0 Å². The first-order valence-electron chi connectivity index (χ1n) is 9.71. The van der Waals surface area contributed by atoms with Gasteiger partial charge in [-0.2, -0.15) is 0 Å². The third kappa shape index (κ3) is 4.07. The maximum atomic E-state index is 12.5. The van der Waals surface area contributed by atoms with Crippen LogP contribution < -0.4 is 10.6 Å². The fourth-order valence-electron chi connectivity index (χ4n) is 4.22. The number of nitrogens with one attached hydrogen (secondary N) is 2. The Balaban J connectivity index is 1.34. The Morgan fingerprint density at radius 3 is 2.81 bits per heavy atom. The van der Waals surface area contributed by atoms with Crippen LogP contribution in [0.3, 0.4) is 0 Å². The number of anilines is 1. The van der Waals surface area contributed by atoms with E-state index in [1.54, 1.807) is 0 Å². The molecule has 26 heavy (non-hydrogen) atoms. The number of nitrogens with zero attached hydrogens (tertiary/aromatic N) is 1. The largest absolute Gasteiger partial charge is 0.382 e. The zero-order chi connectivity index (χ0) is 17.8. The number of piperidine rings is 1. The molecule has 0 unspecified atom stereocenters. The fraction of sp³-hybridized carbons (Fsp3) is 0.409. The van der Waals surface area contributed by atoms with Gasteiger partial charge in [0.1, 0.15) is 0 Å². The van der Waals surface area contributed by atoms with E-state index in [-0.39, 0.29) is 5.91 Å². The minimum Gasteiger partial charge on any atom is -0.382 e. The summed E-state index contributed by atoms with van der Waals surface area (Å²) < 4.78 is 0. The van der Waals surface area contributed by atoms with Crippen LogP contribution in [-0.4, -0.2) is 36.0 Å². The van der Waals surface area contributed by atoms with Gasteiger partial charge in [-0.25, -0.2) is 0 Å². The third-order valence-electron chi connectivity index (χ3n) is 5.61. The monoisotopic (exact) mass is 349 g/mol. The van der Waals surface area contributed by atoms with Crippen molar-refractivity contribution in [2.24, 2.45) is 0 Å². The Morgan fingerprint density at radius 2 is 1.92 bits per heavy atom. The molecule has 1 amide bonds. The molecule has 4 heteroatoms. The molecular weight excluding hydrogens is 322 g/mol. The SMILES string of the molecule is O=C(NCc1ccccc1)c1cccc(N[C@@H]2CCN3CCC[C@H]3C2)c1. The van der Waals surface area contributed by atoms with E-state index in [0.29, 0.717) is 18.2 Å². The van der Waals surface area contributed by atoms with Crippen molar-refractivity contribution >= 4 is 11.6 Å². The number of carbonyl (C=O) groups is 1.